The van der Waals surface area contributed by atoms with Crippen LogP contribution in [-0.4, -0.2) is 5.91 Å². The fraction of sp³-hybridized carbons (Fsp3) is 0.533. The maximum atomic E-state index is 13.6. The van der Waals surface area contributed by atoms with Crippen LogP contribution in [0.3, 0.4) is 0 Å². The average Bonchev–Trinajstić information content (AvgIpc) is 2.40. The molecule has 0 atom stereocenters. The van der Waals surface area contributed by atoms with Gasteiger partial charge in [0.1, 0.15) is 5.82 Å². The third-order valence-electron chi connectivity index (χ3n) is 3.68. The first-order valence-electron chi connectivity index (χ1n) is 6.80. The van der Waals surface area contributed by atoms with Crippen LogP contribution in [0.25, 0.3) is 0 Å². The number of aryl methyl sites for hydroxylation is 1. The molecular formula is C15H20FNO. The van der Waals surface area contributed by atoms with Crippen LogP contribution in [0, 0.1) is 11.7 Å². The van der Waals surface area contributed by atoms with Crippen molar-refractivity contribution >= 4 is 11.6 Å². The smallest absolute Gasteiger partial charge is 0.227 e. The molecule has 1 saturated carbocycles. The molecular weight excluding hydrogens is 229 g/mol. The van der Waals surface area contributed by atoms with E-state index in [1.807, 2.05) is 6.92 Å². The molecule has 1 aromatic rings. The van der Waals surface area contributed by atoms with E-state index in [0.29, 0.717) is 17.7 Å². The number of carbonyl (C=O) groups excluding carboxylic acids is 1. The van der Waals surface area contributed by atoms with Crippen molar-refractivity contribution in [1.82, 2.24) is 0 Å². The summed E-state index contributed by atoms with van der Waals surface area (Å²) in [7, 11) is 0. The van der Waals surface area contributed by atoms with Gasteiger partial charge in [0, 0.05) is 11.6 Å². The van der Waals surface area contributed by atoms with Crippen LogP contribution < -0.4 is 5.32 Å². The second kappa shape index (κ2) is 5.98. The van der Waals surface area contributed by atoms with Crippen molar-refractivity contribution in [2.75, 3.05) is 5.32 Å². The minimum Gasteiger partial charge on any atom is -0.326 e. The fourth-order valence-electron chi connectivity index (χ4n) is 2.52. The lowest BCUT2D eigenvalue weighted by Crippen LogP contribution is -2.24. The molecule has 0 radical (unpaired) electrons. The molecule has 1 aliphatic rings. The zero-order chi connectivity index (χ0) is 13.0. The number of amides is 1. The maximum Gasteiger partial charge on any atom is 0.227 e. The molecule has 1 aliphatic carbocycles. The molecule has 0 aliphatic heterocycles. The van der Waals surface area contributed by atoms with Gasteiger partial charge in [-0.05, 0) is 37.0 Å². The summed E-state index contributed by atoms with van der Waals surface area (Å²) in [6.45, 7) is 1.92. The molecule has 0 aromatic heterocycles. The van der Waals surface area contributed by atoms with E-state index >= 15 is 0 Å². The van der Waals surface area contributed by atoms with Gasteiger partial charge in [-0.3, -0.25) is 4.79 Å². The van der Waals surface area contributed by atoms with Crippen LogP contribution in [0.2, 0.25) is 0 Å². The van der Waals surface area contributed by atoms with E-state index in [9.17, 15) is 9.18 Å². The van der Waals surface area contributed by atoms with Gasteiger partial charge in [-0.1, -0.05) is 32.3 Å². The van der Waals surface area contributed by atoms with Crippen molar-refractivity contribution in [2.45, 2.75) is 45.4 Å². The molecule has 0 spiro atoms. The van der Waals surface area contributed by atoms with Gasteiger partial charge in [-0.15, -0.1) is 0 Å². The van der Waals surface area contributed by atoms with Gasteiger partial charge in [0.25, 0.3) is 0 Å². The van der Waals surface area contributed by atoms with Gasteiger partial charge in [-0.25, -0.2) is 4.39 Å². The molecule has 2 nitrogen and oxygen atoms in total. The summed E-state index contributed by atoms with van der Waals surface area (Å²) < 4.78 is 13.6. The molecule has 0 unspecified atom stereocenters. The number of carbonyl (C=O) groups is 1. The van der Waals surface area contributed by atoms with Crippen molar-refractivity contribution < 1.29 is 9.18 Å². The molecule has 3 heteroatoms. The van der Waals surface area contributed by atoms with Crippen molar-refractivity contribution in [3.05, 3.63) is 29.6 Å². The SMILES string of the molecule is CCc1ccc(NC(=O)C2CCCCC2)cc1F. The second-order valence-corrected chi connectivity index (χ2v) is 4.98. The van der Waals surface area contributed by atoms with E-state index in [1.165, 1.54) is 12.5 Å². The van der Waals surface area contributed by atoms with E-state index in [0.717, 1.165) is 25.7 Å². The van der Waals surface area contributed by atoms with Crippen LogP contribution >= 0.6 is 0 Å². The van der Waals surface area contributed by atoms with Gasteiger partial charge in [0.2, 0.25) is 5.91 Å². The van der Waals surface area contributed by atoms with Gasteiger partial charge in [0.05, 0.1) is 0 Å². The van der Waals surface area contributed by atoms with E-state index in [2.05, 4.69) is 5.32 Å². The van der Waals surface area contributed by atoms with Crippen molar-refractivity contribution in [1.29, 1.82) is 0 Å². The summed E-state index contributed by atoms with van der Waals surface area (Å²) in [5.41, 5.74) is 1.26. The number of halogens is 1. The quantitative estimate of drug-likeness (QED) is 0.864. The molecule has 98 valence electrons. The Morgan fingerprint density at radius 3 is 2.67 bits per heavy atom. The Kier molecular flexibility index (Phi) is 4.34. The molecule has 1 fully saturated rings. The van der Waals surface area contributed by atoms with Crippen LogP contribution in [0.4, 0.5) is 10.1 Å². The highest BCUT2D eigenvalue weighted by Crippen LogP contribution is 2.25. The van der Waals surface area contributed by atoms with Gasteiger partial charge in [-0.2, -0.15) is 0 Å². The minimum absolute atomic E-state index is 0.0401. The Morgan fingerprint density at radius 1 is 1.33 bits per heavy atom. The molecule has 0 bridgehead atoms. The van der Waals surface area contributed by atoms with Crippen LogP contribution in [0.1, 0.15) is 44.6 Å². The predicted octanol–water partition coefficient (Wildman–Crippen LogP) is 3.91. The Morgan fingerprint density at radius 2 is 2.06 bits per heavy atom. The lowest BCUT2D eigenvalue weighted by molar-refractivity contribution is -0.120. The Balaban J connectivity index is 2.00. The topological polar surface area (TPSA) is 29.1 Å². The van der Waals surface area contributed by atoms with Gasteiger partial charge >= 0.3 is 0 Å². The number of rotatable bonds is 3. The van der Waals surface area contributed by atoms with Crippen LogP contribution in [0.15, 0.2) is 18.2 Å². The Hall–Kier alpha value is -1.38. The van der Waals surface area contributed by atoms with E-state index in [-0.39, 0.29) is 17.6 Å². The zero-order valence-electron chi connectivity index (χ0n) is 10.8. The maximum absolute atomic E-state index is 13.6. The molecule has 1 N–H and O–H groups in total. The number of nitrogens with one attached hydrogen (secondary N) is 1. The third kappa shape index (κ3) is 3.09. The van der Waals surface area contributed by atoms with E-state index < -0.39 is 0 Å². The molecule has 2 rings (SSSR count). The summed E-state index contributed by atoms with van der Waals surface area (Å²) in [6.07, 6.45) is 6.07. The fourth-order valence-corrected chi connectivity index (χ4v) is 2.52. The Bertz CT molecular complexity index is 425. The molecule has 1 aromatic carbocycles. The normalized spacial score (nSPS) is 16.6. The Labute approximate surface area is 108 Å². The van der Waals surface area contributed by atoms with Crippen molar-refractivity contribution in [3.63, 3.8) is 0 Å². The lowest BCUT2D eigenvalue weighted by atomic mass is 9.88. The molecule has 0 heterocycles. The number of benzene rings is 1. The molecule has 1 amide bonds. The summed E-state index contributed by atoms with van der Waals surface area (Å²) in [5.74, 6) is -0.0926. The van der Waals surface area contributed by atoms with Gasteiger partial charge in [0.15, 0.2) is 0 Å². The van der Waals surface area contributed by atoms with Crippen molar-refractivity contribution in [2.24, 2.45) is 5.92 Å². The summed E-state index contributed by atoms with van der Waals surface area (Å²) in [6, 6.07) is 4.94. The minimum atomic E-state index is -0.237. The van der Waals surface area contributed by atoms with Crippen LogP contribution in [-0.2, 0) is 11.2 Å². The first kappa shape index (κ1) is 13.1. The first-order valence-corrected chi connectivity index (χ1v) is 6.80. The van der Waals surface area contributed by atoms with E-state index in [4.69, 9.17) is 0 Å². The molecule has 0 saturated heterocycles. The summed E-state index contributed by atoms with van der Waals surface area (Å²) in [4.78, 5) is 12.0. The predicted molar refractivity (Wildman–Crippen MR) is 71.0 cm³/mol. The van der Waals surface area contributed by atoms with E-state index in [1.54, 1.807) is 12.1 Å². The third-order valence-corrected chi connectivity index (χ3v) is 3.68. The van der Waals surface area contributed by atoms with Gasteiger partial charge < -0.3 is 5.32 Å². The second-order valence-electron chi connectivity index (χ2n) is 4.98. The average molecular weight is 249 g/mol. The standard InChI is InChI=1S/C15H20FNO/c1-2-11-8-9-13(10-14(11)16)17-15(18)12-6-4-3-5-7-12/h8-10,12H,2-7H2,1H3,(H,17,18). The van der Waals surface area contributed by atoms with Crippen molar-refractivity contribution in [3.8, 4) is 0 Å². The summed E-state index contributed by atoms with van der Waals surface area (Å²) >= 11 is 0. The largest absolute Gasteiger partial charge is 0.326 e. The van der Waals surface area contributed by atoms with Crippen LogP contribution in [0.5, 0.6) is 0 Å². The summed E-state index contributed by atoms with van der Waals surface area (Å²) in [5, 5.41) is 2.82. The highest BCUT2D eigenvalue weighted by Gasteiger charge is 2.21. The highest BCUT2D eigenvalue weighted by molar-refractivity contribution is 5.92. The lowest BCUT2D eigenvalue weighted by Gasteiger charge is -2.20. The monoisotopic (exact) mass is 249 g/mol. The highest BCUT2D eigenvalue weighted by atomic mass is 19.1. The number of hydrogen-bond acceptors (Lipinski definition) is 1. The number of hydrogen-bond donors (Lipinski definition) is 1. The zero-order valence-corrected chi connectivity index (χ0v) is 10.8. The first-order chi connectivity index (χ1) is 8.70. The number of anilines is 1. The molecule has 18 heavy (non-hydrogen) atoms.